The van der Waals surface area contributed by atoms with Crippen LogP contribution in [0.5, 0.6) is 0 Å². The summed E-state index contributed by atoms with van der Waals surface area (Å²) in [6, 6.07) is 0. The van der Waals surface area contributed by atoms with Gasteiger partial charge in [0.25, 0.3) is 0 Å². The third kappa shape index (κ3) is 1.95. The van der Waals surface area contributed by atoms with Crippen molar-refractivity contribution >= 4 is 16.5 Å². The first-order valence-corrected chi connectivity index (χ1v) is 4.71. The van der Waals surface area contributed by atoms with Crippen LogP contribution in [0.4, 0.5) is 5.13 Å². The van der Waals surface area contributed by atoms with E-state index >= 15 is 0 Å². The van der Waals surface area contributed by atoms with Crippen LogP contribution in [0.1, 0.15) is 19.5 Å². The number of thiazole rings is 1. The van der Waals surface area contributed by atoms with Crippen LogP contribution < -0.4 is 10.6 Å². The van der Waals surface area contributed by atoms with Crippen LogP contribution in [0.2, 0.25) is 0 Å². The lowest BCUT2D eigenvalue weighted by molar-refractivity contribution is 0.539. The van der Waals surface area contributed by atoms with Crippen molar-refractivity contribution in [1.29, 1.82) is 0 Å². The molecule has 0 unspecified atom stereocenters. The second-order valence-electron chi connectivity index (χ2n) is 3.63. The topological polar surface area (TPSA) is 42.2 Å². The Balaban J connectivity index is 2.92. The zero-order valence-corrected chi connectivity index (χ0v) is 8.77. The summed E-state index contributed by atoms with van der Waals surface area (Å²) in [5.41, 5.74) is 6.52. The van der Waals surface area contributed by atoms with Gasteiger partial charge in [-0.1, -0.05) is 0 Å². The third-order valence-corrected chi connectivity index (χ3v) is 2.54. The molecule has 4 heteroatoms. The van der Waals surface area contributed by atoms with E-state index in [0.29, 0.717) is 0 Å². The Morgan fingerprint density at radius 1 is 1.50 bits per heavy atom. The van der Waals surface area contributed by atoms with Gasteiger partial charge < -0.3 is 10.6 Å². The van der Waals surface area contributed by atoms with E-state index in [-0.39, 0.29) is 5.54 Å². The molecular formula is C8H15N3S. The van der Waals surface area contributed by atoms with Gasteiger partial charge in [0.1, 0.15) is 0 Å². The van der Waals surface area contributed by atoms with Gasteiger partial charge in [0.2, 0.25) is 0 Å². The zero-order chi connectivity index (χ0) is 9.35. The molecule has 0 saturated heterocycles. The number of aromatic nitrogens is 1. The zero-order valence-electron chi connectivity index (χ0n) is 7.96. The van der Waals surface area contributed by atoms with Crippen molar-refractivity contribution in [2.24, 2.45) is 5.73 Å². The molecule has 0 spiro atoms. The first-order chi connectivity index (χ1) is 5.41. The number of nitrogens with two attached hydrogens (primary N) is 1. The Kier molecular flexibility index (Phi) is 2.39. The molecule has 0 aliphatic heterocycles. The lowest BCUT2D eigenvalue weighted by Crippen LogP contribution is -2.29. The highest BCUT2D eigenvalue weighted by Gasteiger charge is 2.18. The number of nitrogens with zero attached hydrogens (tertiary/aromatic N) is 2. The molecular weight excluding hydrogens is 170 g/mol. The second kappa shape index (κ2) is 3.03. The quantitative estimate of drug-likeness (QED) is 0.757. The molecule has 0 aliphatic carbocycles. The monoisotopic (exact) mass is 185 g/mol. The molecule has 68 valence electrons. The van der Waals surface area contributed by atoms with E-state index < -0.39 is 0 Å². The van der Waals surface area contributed by atoms with E-state index in [9.17, 15) is 0 Å². The maximum Gasteiger partial charge on any atom is 0.185 e. The fourth-order valence-corrected chi connectivity index (χ4v) is 1.70. The number of anilines is 1. The maximum atomic E-state index is 5.90. The van der Waals surface area contributed by atoms with E-state index in [1.165, 1.54) is 0 Å². The highest BCUT2D eigenvalue weighted by atomic mass is 32.1. The Labute approximate surface area is 77.2 Å². The molecule has 0 fully saturated rings. The van der Waals surface area contributed by atoms with Gasteiger partial charge in [0.15, 0.2) is 5.13 Å². The summed E-state index contributed by atoms with van der Waals surface area (Å²) >= 11 is 1.62. The molecule has 1 aromatic rings. The Bertz CT molecular complexity index is 260. The predicted octanol–water partition coefficient (Wildman–Crippen LogP) is 1.40. The highest BCUT2D eigenvalue weighted by Crippen LogP contribution is 2.24. The van der Waals surface area contributed by atoms with Crippen molar-refractivity contribution in [2.45, 2.75) is 19.4 Å². The van der Waals surface area contributed by atoms with E-state index in [2.05, 4.69) is 4.98 Å². The lowest BCUT2D eigenvalue weighted by Gasteiger charge is -2.15. The summed E-state index contributed by atoms with van der Waals surface area (Å²) in [4.78, 5) is 6.39. The van der Waals surface area contributed by atoms with Crippen LogP contribution in [0.3, 0.4) is 0 Å². The molecule has 0 aliphatic rings. The van der Waals surface area contributed by atoms with Gasteiger partial charge in [-0.3, -0.25) is 0 Å². The van der Waals surface area contributed by atoms with E-state index in [1.807, 2.05) is 38.2 Å². The van der Waals surface area contributed by atoms with Crippen molar-refractivity contribution in [3.05, 3.63) is 11.1 Å². The van der Waals surface area contributed by atoms with E-state index in [1.54, 1.807) is 11.3 Å². The molecule has 12 heavy (non-hydrogen) atoms. The van der Waals surface area contributed by atoms with Gasteiger partial charge in [0, 0.05) is 19.5 Å². The average Bonchev–Trinajstić information content (AvgIpc) is 2.30. The normalized spacial score (nSPS) is 11.8. The summed E-state index contributed by atoms with van der Waals surface area (Å²) in [5, 5.41) is 3.01. The van der Waals surface area contributed by atoms with Crippen LogP contribution in [0.25, 0.3) is 0 Å². The molecule has 1 heterocycles. The van der Waals surface area contributed by atoms with Gasteiger partial charge in [-0.15, -0.1) is 11.3 Å². The number of hydrogen-bond donors (Lipinski definition) is 1. The molecule has 3 nitrogen and oxygen atoms in total. The second-order valence-corrected chi connectivity index (χ2v) is 4.47. The summed E-state index contributed by atoms with van der Waals surface area (Å²) in [6.07, 6.45) is 0. The van der Waals surface area contributed by atoms with Crippen molar-refractivity contribution in [1.82, 2.24) is 4.98 Å². The predicted molar refractivity (Wildman–Crippen MR) is 53.7 cm³/mol. The van der Waals surface area contributed by atoms with Crippen LogP contribution in [-0.4, -0.2) is 19.1 Å². The van der Waals surface area contributed by atoms with Gasteiger partial charge >= 0.3 is 0 Å². The summed E-state index contributed by atoms with van der Waals surface area (Å²) < 4.78 is 0. The van der Waals surface area contributed by atoms with Crippen molar-refractivity contribution in [3.63, 3.8) is 0 Å². The minimum atomic E-state index is -0.329. The minimum absolute atomic E-state index is 0.329. The fourth-order valence-electron chi connectivity index (χ4n) is 0.766. The molecule has 0 bridgehead atoms. The molecule has 0 aromatic carbocycles. The standard InChI is InChI=1S/C8H15N3S/c1-8(2,9)6-5-12-7(10-6)11(3)4/h5H,9H2,1-4H3. The number of hydrogen-bond acceptors (Lipinski definition) is 4. The Hall–Kier alpha value is -0.610. The number of rotatable bonds is 2. The van der Waals surface area contributed by atoms with E-state index in [0.717, 1.165) is 10.8 Å². The Morgan fingerprint density at radius 3 is 2.33 bits per heavy atom. The molecule has 0 saturated carbocycles. The minimum Gasteiger partial charge on any atom is -0.354 e. The summed E-state index contributed by atoms with van der Waals surface area (Å²) in [7, 11) is 3.96. The van der Waals surface area contributed by atoms with Crippen molar-refractivity contribution in [3.8, 4) is 0 Å². The maximum absolute atomic E-state index is 5.90. The van der Waals surface area contributed by atoms with Crippen molar-refractivity contribution in [2.75, 3.05) is 19.0 Å². The van der Waals surface area contributed by atoms with Crippen molar-refractivity contribution < 1.29 is 0 Å². The van der Waals surface area contributed by atoms with Crippen LogP contribution in [-0.2, 0) is 5.54 Å². The molecule has 1 rings (SSSR count). The van der Waals surface area contributed by atoms with E-state index in [4.69, 9.17) is 5.73 Å². The van der Waals surface area contributed by atoms with Crippen LogP contribution in [0, 0.1) is 0 Å². The fraction of sp³-hybridized carbons (Fsp3) is 0.625. The largest absolute Gasteiger partial charge is 0.354 e. The summed E-state index contributed by atoms with van der Waals surface area (Å²) in [6.45, 7) is 3.92. The first kappa shape index (κ1) is 9.48. The molecule has 0 atom stereocenters. The molecule has 1 aromatic heterocycles. The lowest BCUT2D eigenvalue weighted by atomic mass is 10.0. The average molecular weight is 185 g/mol. The Morgan fingerprint density at radius 2 is 2.08 bits per heavy atom. The third-order valence-electron chi connectivity index (χ3n) is 1.53. The highest BCUT2D eigenvalue weighted by molar-refractivity contribution is 7.13. The molecule has 0 amide bonds. The van der Waals surface area contributed by atoms with Gasteiger partial charge in [-0.05, 0) is 13.8 Å². The SMILES string of the molecule is CN(C)c1nc(C(C)(C)N)cs1. The van der Waals surface area contributed by atoms with Gasteiger partial charge in [-0.25, -0.2) is 4.98 Å². The van der Waals surface area contributed by atoms with Gasteiger partial charge in [-0.2, -0.15) is 0 Å². The molecule has 2 N–H and O–H groups in total. The van der Waals surface area contributed by atoms with Crippen LogP contribution in [0.15, 0.2) is 5.38 Å². The summed E-state index contributed by atoms with van der Waals surface area (Å²) in [5.74, 6) is 0. The smallest absolute Gasteiger partial charge is 0.185 e. The molecule has 0 radical (unpaired) electrons. The first-order valence-electron chi connectivity index (χ1n) is 3.83. The van der Waals surface area contributed by atoms with Gasteiger partial charge in [0.05, 0.1) is 11.2 Å². The van der Waals surface area contributed by atoms with Crippen LogP contribution >= 0.6 is 11.3 Å².